The molecule has 5 heteroatoms. The lowest BCUT2D eigenvalue weighted by atomic mass is 10.1. The summed E-state index contributed by atoms with van der Waals surface area (Å²) in [6.45, 7) is 0. The fourth-order valence-corrected chi connectivity index (χ4v) is 3.31. The summed E-state index contributed by atoms with van der Waals surface area (Å²) in [5.74, 6) is -1.19. The molecule has 0 radical (unpaired) electrons. The highest BCUT2D eigenvalue weighted by molar-refractivity contribution is 6.30. The van der Waals surface area contributed by atoms with E-state index in [4.69, 9.17) is 16.7 Å². The van der Waals surface area contributed by atoms with Crippen LogP contribution in [0.15, 0.2) is 90.5 Å². The van der Waals surface area contributed by atoms with E-state index in [0.717, 1.165) is 16.8 Å². The molecule has 1 heterocycles. The van der Waals surface area contributed by atoms with Gasteiger partial charge in [-0.25, -0.2) is 4.79 Å². The highest BCUT2D eigenvalue weighted by Gasteiger charge is 2.30. The zero-order valence-electron chi connectivity index (χ0n) is 15.2. The molecule has 1 aliphatic heterocycles. The van der Waals surface area contributed by atoms with Crippen molar-refractivity contribution in [1.29, 1.82) is 0 Å². The molecule has 0 atom stereocenters. The number of aromatic carboxylic acids is 1. The summed E-state index contributed by atoms with van der Waals surface area (Å²) in [6, 6.07) is 23.1. The van der Waals surface area contributed by atoms with E-state index in [-0.39, 0.29) is 11.5 Å². The summed E-state index contributed by atoms with van der Waals surface area (Å²) < 4.78 is 0. The van der Waals surface area contributed by atoms with Crippen LogP contribution in [-0.2, 0) is 4.79 Å². The number of carbonyl (C=O) groups is 2. The summed E-state index contributed by atoms with van der Waals surface area (Å²) in [7, 11) is 0. The van der Waals surface area contributed by atoms with Gasteiger partial charge in [-0.05, 0) is 59.7 Å². The van der Waals surface area contributed by atoms with Crippen LogP contribution >= 0.6 is 11.6 Å². The summed E-state index contributed by atoms with van der Waals surface area (Å²) in [5.41, 5.74) is 3.80. The quantitative estimate of drug-likeness (QED) is 0.586. The first-order valence-corrected chi connectivity index (χ1v) is 9.33. The molecule has 4 nitrogen and oxygen atoms in total. The molecule has 1 N–H and O–H groups in total. The fourth-order valence-electron chi connectivity index (χ4n) is 3.18. The maximum atomic E-state index is 13.2. The van der Waals surface area contributed by atoms with E-state index >= 15 is 0 Å². The van der Waals surface area contributed by atoms with Crippen molar-refractivity contribution in [2.75, 3.05) is 4.90 Å². The van der Waals surface area contributed by atoms with Gasteiger partial charge < -0.3 is 5.11 Å². The predicted octanol–water partition coefficient (Wildman–Crippen LogP) is 5.51. The van der Waals surface area contributed by atoms with Gasteiger partial charge in [0.15, 0.2) is 0 Å². The average Bonchev–Trinajstić information content (AvgIpc) is 3.06. The van der Waals surface area contributed by atoms with Crippen LogP contribution in [0.25, 0.3) is 11.8 Å². The summed E-state index contributed by atoms with van der Waals surface area (Å²) in [6.07, 6.45) is 3.66. The number of halogens is 1. The molecule has 1 amide bonds. The first kappa shape index (κ1) is 18.7. The Balaban J connectivity index is 1.79. The average molecular weight is 402 g/mol. The van der Waals surface area contributed by atoms with E-state index in [2.05, 4.69) is 0 Å². The molecule has 4 rings (SSSR count). The third-order valence-corrected chi connectivity index (χ3v) is 4.87. The topological polar surface area (TPSA) is 57.6 Å². The highest BCUT2D eigenvalue weighted by atomic mass is 35.5. The summed E-state index contributed by atoms with van der Waals surface area (Å²) in [4.78, 5) is 26.0. The second-order valence-corrected chi connectivity index (χ2v) is 6.98. The van der Waals surface area contributed by atoms with Crippen LogP contribution in [-0.4, -0.2) is 17.0 Å². The van der Waals surface area contributed by atoms with E-state index in [1.807, 2.05) is 54.6 Å². The number of amides is 1. The molecule has 3 aromatic carbocycles. The van der Waals surface area contributed by atoms with Crippen LogP contribution in [0.2, 0.25) is 5.02 Å². The van der Waals surface area contributed by atoms with Gasteiger partial charge in [0.1, 0.15) is 0 Å². The third-order valence-electron chi connectivity index (χ3n) is 4.62. The van der Waals surface area contributed by atoms with Crippen molar-refractivity contribution >= 4 is 40.9 Å². The number of carbonyl (C=O) groups excluding carboxylic acids is 1. The number of hydrogen-bond donors (Lipinski definition) is 1. The molecule has 0 spiro atoms. The van der Waals surface area contributed by atoms with Gasteiger partial charge in [0.05, 0.1) is 11.3 Å². The van der Waals surface area contributed by atoms with Gasteiger partial charge in [-0.15, -0.1) is 0 Å². The largest absolute Gasteiger partial charge is 0.478 e. The number of rotatable bonds is 4. The number of anilines is 1. The lowest BCUT2D eigenvalue weighted by molar-refractivity contribution is -0.113. The number of benzene rings is 3. The lowest BCUT2D eigenvalue weighted by Gasteiger charge is -2.21. The monoisotopic (exact) mass is 401 g/mol. The Hall–Kier alpha value is -3.63. The molecule has 29 heavy (non-hydrogen) atoms. The number of hydrogen-bond acceptors (Lipinski definition) is 2. The smallest absolute Gasteiger partial charge is 0.335 e. The van der Waals surface area contributed by atoms with E-state index in [1.54, 1.807) is 29.2 Å². The maximum Gasteiger partial charge on any atom is 0.335 e. The molecular formula is C24H16ClNO3. The van der Waals surface area contributed by atoms with Gasteiger partial charge in [0, 0.05) is 16.3 Å². The Labute approximate surface area is 173 Å². The Morgan fingerprint density at radius 2 is 1.55 bits per heavy atom. The highest BCUT2D eigenvalue weighted by Crippen LogP contribution is 2.35. The first-order valence-electron chi connectivity index (χ1n) is 8.95. The van der Waals surface area contributed by atoms with Crippen LogP contribution in [0.4, 0.5) is 5.69 Å². The number of carboxylic acids is 1. The summed E-state index contributed by atoms with van der Waals surface area (Å²) >= 11 is 5.95. The first-order chi connectivity index (χ1) is 14.0. The van der Waals surface area contributed by atoms with Crippen molar-refractivity contribution in [2.24, 2.45) is 0 Å². The SMILES string of the molecule is O=C(O)c1ccc(N2C(=O)/C(=C/c3ccc(Cl)cc3)C=C2c2ccccc2)cc1. The Kier molecular flexibility index (Phi) is 5.02. The maximum absolute atomic E-state index is 13.2. The van der Waals surface area contributed by atoms with Gasteiger partial charge in [-0.3, -0.25) is 9.69 Å². The second-order valence-electron chi connectivity index (χ2n) is 6.54. The molecule has 142 valence electrons. The molecule has 3 aromatic rings. The number of nitrogens with zero attached hydrogens (tertiary/aromatic N) is 1. The predicted molar refractivity (Wildman–Crippen MR) is 115 cm³/mol. The zero-order chi connectivity index (χ0) is 20.4. The Bertz CT molecular complexity index is 1130. The Morgan fingerprint density at radius 1 is 0.897 bits per heavy atom. The third kappa shape index (κ3) is 3.84. The fraction of sp³-hybridized carbons (Fsp3) is 0. The van der Waals surface area contributed by atoms with Crippen LogP contribution < -0.4 is 4.90 Å². The van der Waals surface area contributed by atoms with Gasteiger partial charge >= 0.3 is 5.97 Å². The normalized spacial score (nSPS) is 14.9. The minimum absolute atomic E-state index is 0.169. The molecular weight excluding hydrogens is 386 g/mol. The minimum Gasteiger partial charge on any atom is -0.478 e. The standard InChI is InChI=1S/C24H16ClNO3/c25-20-10-6-16(7-11-20)14-19-15-22(17-4-2-1-3-5-17)26(23(19)27)21-12-8-18(9-13-21)24(28)29/h1-15H,(H,28,29)/b19-14+. The van der Waals surface area contributed by atoms with Crippen molar-refractivity contribution in [3.63, 3.8) is 0 Å². The minimum atomic E-state index is -1.01. The van der Waals surface area contributed by atoms with Crippen molar-refractivity contribution in [3.8, 4) is 0 Å². The van der Waals surface area contributed by atoms with Crippen LogP contribution in [0.3, 0.4) is 0 Å². The van der Waals surface area contributed by atoms with Gasteiger partial charge in [0.25, 0.3) is 5.91 Å². The van der Waals surface area contributed by atoms with Gasteiger partial charge in [-0.1, -0.05) is 54.1 Å². The Morgan fingerprint density at radius 3 is 2.17 bits per heavy atom. The number of carboxylic acid groups (broad SMARTS) is 1. The van der Waals surface area contributed by atoms with Crippen molar-refractivity contribution in [1.82, 2.24) is 0 Å². The molecule has 0 fully saturated rings. The molecule has 0 bridgehead atoms. The zero-order valence-corrected chi connectivity index (χ0v) is 16.0. The van der Waals surface area contributed by atoms with E-state index < -0.39 is 5.97 Å². The molecule has 0 unspecified atom stereocenters. The van der Waals surface area contributed by atoms with Crippen molar-refractivity contribution < 1.29 is 14.7 Å². The van der Waals surface area contributed by atoms with E-state index in [1.165, 1.54) is 12.1 Å². The molecule has 0 saturated heterocycles. The van der Waals surface area contributed by atoms with Crippen molar-refractivity contribution in [3.05, 3.63) is 112 Å². The van der Waals surface area contributed by atoms with Crippen LogP contribution in [0.5, 0.6) is 0 Å². The molecule has 0 aliphatic carbocycles. The molecule has 0 saturated carbocycles. The lowest BCUT2D eigenvalue weighted by Crippen LogP contribution is -2.25. The molecule has 1 aliphatic rings. The summed E-state index contributed by atoms with van der Waals surface area (Å²) in [5, 5.41) is 9.77. The van der Waals surface area contributed by atoms with Crippen LogP contribution in [0, 0.1) is 0 Å². The van der Waals surface area contributed by atoms with Crippen molar-refractivity contribution in [2.45, 2.75) is 0 Å². The van der Waals surface area contributed by atoms with E-state index in [0.29, 0.717) is 16.3 Å². The van der Waals surface area contributed by atoms with Gasteiger partial charge in [0.2, 0.25) is 0 Å². The van der Waals surface area contributed by atoms with E-state index in [9.17, 15) is 9.59 Å². The molecule has 0 aromatic heterocycles. The second kappa shape index (κ2) is 7.78. The van der Waals surface area contributed by atoms with Gasteiger partial charge in [-0.2, -0.15) is 0 Å². The van der Waals surface area contributed by atoms with Crippen LogP contribution in [0.1, 0.15) is 21.5 Å².